The Morgan fingerprint density at radius 2 is 1.24 bits per heavy atom. The molecule has 0 bridgehead atoms. The Hall–Kier alpha value is -1.28. The van der Waals surface area contributed by atoms with Crippen molar-refractivity contribution in [1.29, 1.82) is 0 Å². The van der Waals surface area contributed by atoms with Crippen LogP contribution in [0.5, 0.6) is 0 Å². The van der Waals surface area contributed by atoms with Crippen LogP contribution in [0.4, 0.5) is 0 Å². The monoisotopic (exact) mass is 299 g/mol. The largest absolute Gasteiger partial charge is 0.373 e. The van der Waals surface area contributed by atoms with E-state index in [4.69, 9.17) is 0 Å². The zero-order chi connectivity index (χ0) is 15.6. The van der Waals surface area contributed by atoms with Crippen molar-refractivity contribution in [2.24, 2.45) is 0 Å². The lowest BCUT2D eigenvalue weighted by Crippen LogP contribution is -2.51. The molecule has 0 aliphatic heterocycles. The number of aromatic nitrogens is 1. The second-order valence-corrected chi connectivity index (χ2v) is 12.7. The summed E-state index contributed by atoms with van der Waals surface area (Å²) in [7, 11) is -1.66. The zero-order valence-electron chi connectivity index (χ0n) is 14.3. The van der Waals surface area contributed by atoms with Gasteiger partial charge in [0.2, 0.25) is 0 Å². The van der Waals surface area contributed by atoms with Crippen LogP contribution in [0, 0.1) is 0 Å². The van der Waals surface area contributed by atoms with Crippen LogP contribution < -0.4 is 0 Å². The molecule has 0 aliphatic carbocycles. The van der Waals surface area contributed by atoms with Gasteiger partial charge in [-0.2, -0.15) is 0 Å². The summed E-state index contributed by atoms with van der Waals surface area (Å²) in [6, 6.07) is 15.3. The van der Waals surface area contributed by atoms with Crippen LogP contribution in [0.25, 0.3) is 11.3 Å². The van der Waals surface area contributed by atoms with E-state index in [0.717, 1.165) is 0 Å². The van der Waals surface area contributed by atoms with Crippen molar-refractivity contribution in [3.05, 3.63) is 48.7 Å². The van der Waals surface area contributed by atoms with Crippen molar-refractivity contribution in [3.63, 3.8) is 0 Å². The Kier molecular flexibility index (Phi) is 4.77. The van der Waals surface area contributed by atoms with Gasteiger partial charge in [0, 0.05) is 5.69 Å². The summed E-state index contributed by atoms with van der Waals surface area (Å²) >= 11 is 0. The summed E-state index contributed by atoms with van der Waals surface area (Å²) in [4.78, 5) is 0. The second-order valence-electron chi connectivity index (χ2n) is 6.98. The van der Waals surface area contributed by atoms with E-state index in [1.807, 2.05) is 0 Å². The average molecular weight is 300 g/mol. The summed E-state index contributed by atoms with van der Waals surface area (Å²) in [6.07, 6.45) is 2.33. The van der Waals surface area contributed by atoms with Crippen LogP contribution in [-0.2, 0) is 0 Å². The minimum absolute atomic E-state index is 0.715. The van der Waals surface area contributed by atoms with Crippen LogP contribution in [0.15, 0.2) is 48.7 Å². The molecular weight excluding hydrogens is 270 g/mol. The van der Waals surface area contributed by atoms with Gasteiger partial charge in [-0.1, -0.05) is 71.9 Å². The Morgan fingerprint density at radius 1 is 0.714 bits per heavy atom. The Bertz CT molecular complexity index is 544. The first-order valence-corrected chi connectivity index (χ1v) is 10.3. The van der Waals surface area contributed by atoms with Gasteiger partial charge in [-0.05, 0) is 40.5 Å². The van der Waals surface area contributed by atoms with Crippen LogP contribution in [0.3, 0.4) is 0 Å². The normalized spacial score (nSPS) is 12.6. The third kappa shape index (κ3) is 2.62. The minimum Gasteiger partial charge on any atom is -0.373 e. The molecule has 0 saturated carbocycles. The second kappa shape index (κ2) is 6.23. The van der Waals surface area contributed by atoms with Crippen LogP contribution in [0.2, 0.25) is 16.6 Å². The van der Waals surface area contributed by atoms with Crippen LogP contribution >= 0.6 is 0 Å². The first-order chi connectivity index (χ1) is 9.92. The van der Waals surface area contributed by atoms with Crippen molar-refractivity contribution >= 4 is 8.24 Å². The summed E-state index contributed by atoms with van der Waals surface area (Å²) in [5.74, 6) is 0. The predicted octanol–water partition coefficient (Wildman–Crippen LogP) is 6.18. The van der Waals surface area contributed by atoms with Gasteiger partial charge in [0.05, 0.1) is 0 Å². The molecule has 1 aromatic heterocycles. The van der Waals surface area contributed by atoms with Gasteiger partial charge in [-0.25, -0.2) is 0 Å². The molecule has 1 heterocycles. The maximum absolute atomic E-state index is 2.67. The molecule has 0 fully saturated rings. The molecule has 0 amide bonds. The fourth-order valence-electron chi connectivity index (χ4n) is 4.40. The van der Waals surface area contributed by atoms with Crippen molar-refractivity contribution in [1.82, 2.24) is 4.23 Å². The number of nitrogens with zero attached hydrogens (tertiary/aromatic N) is 1. The Morgan fingerprint density at radius 3 is 1.71 bits per heavy atom. The molecule has 2 rings (SSSR count). The molecular formula is C19H29NSi. The highest BCUT2D eigenvalue weighted by Crippen LogP contribution is 2.44. The third-order valence-corrected chi connectivity index (χ3v) is 11.8. The van der Waals surface area contributed by atoms with E-state index in [2.05, 4.69) is 94.4 Å². The predicted molar refractivity (Wildman–Crippen MR) is 96.3 cm³/mol. The smallest absolute Gasteiger partial charge is 0.169 e. The lowest BCUT2D eigenvalue weighted by molar-refractivity contribution is 0.768. The molecule has 2 aromatic rings. The molecule has 2 heteroatoms. The van der Waals surface area contributed by atoms with Crippen LogP contribution in [0.1, 0.15) is 41.5 Å². The summed E-state index contributed by atoms with van der Waals surface area (Å²) in [5.41, 5.74) is 4.87. The van der Waals surface area contributed by atoms with Gasteiger partial charge in [0.1, 0.15) is 0 Å². The number of hydrogen-bond acceptors (Lipinski definition) is 0. The van der Waals surface area contributed by atoms with Gasteiger partial charge in [0.25, 0.3) is 0 Å². The SMILES string of the molecule is CC(C)[Si](C(C)C)(C(C)C)n1cccc1-c1ccccc1. The van der Waals surface area contributed by atoms with Gasteiger partial charge < -0.3 is 4.23 Å². The van der Waals surface area contributed by atoms with Gasteiger partial charge in [0.15, 0.2) is 8.24 Å². The van der Waals surface area contributed by atoms with Gasteiger partial charge in [-0.15, -0.1) is 0 Å². The summed E-state index contributed by atoms with van der Waals surface area (Å²) in [5, 5.41) is 0. The van der Waals surface area contributed by atoms with Crippen molar-refractivity contribution in [2.75, 3.05) is 0 Å². The Balaban J connectivity index is 2.66. The van der Waals surface area contributed by atoms with Crippen molar-refractivity contribution in [3.8, 4) is 11.3 Å². The van der Waals surface area contributed by atoms with E-state index >= 15 is 0 Å². The highest BCUT2D eigenvalue weighted by atomic mass is 28.3. The van der Waals surface area contributed by atoms with E-state index in [0.29, 0.717) is 16.6 Å². The molecule has 1 nitrogen and oxygen atoms in total. The molecule has 0 aliphatic rings. The third-order valence-electron chi connectivity index (χ3n) is 5.01. The highest BCUT2D eigenvalue weighted by molar-refractivity contribution is 6.82. The molecule has 1 aromatic carbocycles. The van der Waals surface area contributed by atoms with E-state index in [1.54, 1.807) is 0 Å². The van der Waals surface area contributed by atoms with Gasteiger partial charge in [-0.3, -0.25) is 0 Å². The Labute approximate surface area is 131 Å². The maximum atomic E-state index is 2.67. The molecule has 0 N–H and O–H groups in total. The number of rotatable bonds is 5. The average Bonchev–Trinajstić information content (AvgIpc) is 2.88. The molecule has 0 unspecified atom stereocenters. The first-order valence-electron chi connectivity index (χ1n) is 8.15. The molecule has 114 valence electrons. The fourth-order valence-corrected chi connectivity index (χ4v) is 11.0. The number of benzene rings is 1. The van der Waals surface area contributed by atoms with E-state index in [1.165, 1.54) is 11.3 Å². The quantitative estimate of drug-likeness (QED) is 0.581. The van der Waals surface area contributed by atoms with E-state index in [9.17, 15) is 0 Å². The standard InChI is InChI=1S/C19H29NSi/c1-15(2)21(16(3)4,17(5)6)20-14-10-13-19(20)18-11-8-7-9-12-18/h7-17H,1-6H3. The zero-order valence-corrected chi connectivity index (χ0v) is 15.3. The molecule has 0 saturated heterocycles. The van der Waals surface area contributed by atoms with Crippen molar-refractivity contribution in [2.45, 2.75) is 58.2 Å². The number of hydrogen-bond donors (Lipinski definition) is 0. The lowest BCUT2D eigenvalue weighted by Gasteiger charge is -2.45. The van der Waals surface area contributed by atoms with E-state index in [-0.39, 0.29) is 0 Å². The van der Waals surface area contributed by atoms with Gasteiger partial charge >= 0.3 is 0 Å². The topological polar surface area (TPSA) is 4.93 Å². The fraction of sp³-hybridized carbons (Fsp3) is 0.474. The molecule has 0 spiro atoms. The molecule has 21 heavy (non-hydrogen) atoms. The summed E-state index contributed by atoms with van der Waals surface area (Å²) in [6.45, 7) is 14.5. The first kappa shape index (κ1) is 16.1. The summed E-state index contributed by atoms with van der Waals surface area (Å²) < 4.78 is 2.67. The molecule has 0 radical (unpaired) electrons. The van der Waals surface area contributed by atoms with Crippen molar-refractivity contribution < 1.29 is 0 Å². The minimum atomic E-state index is -1.66. The van der Waals surface area contributed by atoms with E-state index < -0.39 is 8.24 Å². The lowest BCUT2D eigenvalue weighted by atomic mass is 10.2. The highest BCUT2D eigenvalue weighted by Gasteiger charge is 2.45. The maximum Gasteiger partial charge on any atom is 0.169 e. The van der Waals surface area contributed by atoms with Crippen LogP contribution in [-0.4, -0.2) is 12.5 Å². The molecule has 0 atom stereocenters.